The van der Waals surface area contributed by atoms with Crippen LogP contribution in [-0.2, 0) is 6.54 Å². The number of carbonyl (C=O) groups is 1. The van der Waals surface area contributed by atoms with Crippen LogP contribution < -0.4 is 5.32 Å². The van der Waals surface area contributed by atoms with E-state index in [9.17, 15) is 4.79 Å². The lowest BCUT2D eigenvalue weighted by Crippen LogP contribution is -2.36. The number of likely N-dealkylation sites (tertiary alicyclic amines) is 1. The molecule has 1 aromatic heterocycles. The minimum absolute atomic E-state index is 0.113. The highest BCUT2D eigenvalue weighted by Crippen LogP contribution is 2.27. The summed E-state index contributed by atoms with van der Waals surface area (Å²) < 4.78 is 5.39. The molecule has 1 atom stereocenters. The van der Waals surface area contributed by atoms with Gasteiger partial charge in [-0.2, -0.15) is 0 Å². The van der Waals surface area contributed by atoms with E-state index in [4.69, 9.17) is 4.52 Å². The van der Waals surface area contributed by atoms with Gasteiger partial charge in [-0.1, -0.05) is 54.8 Å². The summed E-state index contributed by atoms with van der Waals surface area (Å²) >= 11 is 0. The van der Waals surface area contributed by atoms with Gasteiger partial charge in [0.25, 0.3) is 5.91 Å². The number of amides is 1. The first-order valence-corrected chi connectivity index (χ1v) is 10.3. The van der Waals surface area contributed by atoms with Crippen molar-refractivity contribution in [3.63, 3.8) is 0 Å². The molecule has 0 spiro atoms. The van der Waals surface area contributed by atoms with Crippen molar-refractivity contribution in [2.75, 3.05) is 13.1 Å². The molecule has 1 aliphatic heterocycles. The molecule has 1 N–H and O–H groups in total. The van der Waals surface area contributed by atoms with E-state index in [0.29, 0.717) is 11.7 Å². The van der Waals surface area contributed by atoms with Crippen LogP contribution in [0, 0.1) is 0 Å². The summed E-state index contributed by atoms with van der Waals surface area (Å²) in [7, 11) is 0. The summed E-state index contributed by atoms with van der Waals surface area (Å²) in [5.74, 6) is 0.579. The monoisotopic (exact) mass is 367 g/mol. The molecule has 1 saturated carbocycles. The zero-order valence-electron chi connectivity index (χ0n) is 15.9. The van der Waals surface area contributed by atoms with Gasteiger partial charge in [-0.05, 0) is 37.8 Å². The number of rotatable bonds is 5. The fourth-order valence-corrected chi connectivity index (χ4v) is 4.37. The van der Waals surface area contributed by atoms with E-state index >= 15 is 0 Å². The summed E-state index contributed by atoms with van der Waals surface area (Å²) in [6, 6.07) is 12.7. The Balaban J connectivity index is 1.35. The Morgan fingerprint density at radius 3 is 2.74 bits per heavy atom. The van der Waals surface area contributed by atoms with Crippen molar-refractivity contribution in [3.8, 4) is 0 Å². The molecule has 1 saturated heterocycles. The summed E-state index contributed by atoms with van der Waals surface area (Å²) in [5.41, 5.74) is 2.26. The molecule has 144 valence electrons. The Morgan fingerprint density at radius 1 is 1.11 bits per heavy atom. The summed E-state index contributed by atoms with van der Waals surface area (Å²) in [6.07, 6.45) is 8.07. The molecule has 2 aromatic rings. The summed E-state index contributed by atoms with van der Waals surface area (Å²) in [6.45, 7) is 3.04. The van der Waals surface area contributed by atoms with Crippen molar-refractivity contribution in [1.29, 1.82) is 0 Å². The van der Waals surface area contributed by atoms with E-state index in [1.807, 2.05) is 6.07 Å². The van der Waals surface area contributed by atoms with Crippen LogP contribution in [0.15, 0.2) is 40.9 Å². The minimum atomic E-state index is -0.113. The minimum Gasteiger partial charge on any atom is -0.351 e. The van der Waals surface area contributed by atoms with Crippen LogP contribution in [-0.4, -0.2) is 35.1 Å². The van der Waals surface area contributed by atoms with Gasteiger partial charge in [0, 0.05) is 31.1 Å². The van der Waals surface area contributed by atoms with E-state index in [1.165, 1.54) is 24.8 Å². The maximum Gasteiger partial charge on any atom is 0.290 e. The number of piperidine rings is 1. The maximum atomic E-state index is 12.5. The number of carbonyl (C=O) groups excluding carboxylic acids is 1. The second-order valence-corrected chi connectivity index (χ2v) is 7.98. The number of nitrogens with zero attached hydrogens (tertiary/aromatic N) is 2. The van der Waals surface area contributed by atoms with Gasteiger partial charge in [0.15, 0.2) is 0 Å². The van der Waals surface area contributed by atoms with Gasteiger partial charge >= 0.3 is 0 Å². The van der Waals surface area contributed by atoms with Crippen LogP contribution in [0.25, 0.3) is 0 Å². The van der Waals surface area contributed by atoms with Crippen LogP contribution in [0.1, 0.15) is 72.7 Å². The van der Waals surface area contributed by atoms with E-state index in [2.05, 4.69) is 45.7 Å². The van der Waals surface area contributed by atoms with Crippen LogP contribution in [0.3, 0.4) is 0 Å². The number of hydrogen-bond acceptors (Lipinski definition) is 4. The highest BCUT2D eigenvalue weighted by molar-refractivity contribution is 5.91. The molecule has 5 nitrogen and oxygen atoms in total. The molecule has 0 radical (unpaired) electrons. The highest BCUT2D eigenvalue weighted by atomic mass is 16.5. The van der Waals surface area contributed by atoms with E-state index < -0.39 is 0 Å². The molecule has 0 bridgehead atoms. The zero-order chi connectivity index (χ0) is 18.5. The maximum absolute atomic E-state index is 12.5. The van der Waals surface area contributed by atoms with Crippen molar-refractivity contribution in [1.82, 2.24) is 15.4 Å². The second kappa shape index (κ2) is 8.70. The zero-order valence-corrected chi connectivity index (χ0v) is 15.9. The molecule has 2 heterocycles. The predicted molar refractivity (Wildman–Crippen MR) is 105 cm³/mol. The van der Waals surface area contributed by atoms with Crippen LogP contribution >= 0.6 is 0 Å². The largest absolute Gasteiger partial charge is 0.351 e. The normalized spacial score (nSPS) is 21.9. The molecular weight excluding hydrogens is 338 g/mol. The van der Waals surface area contributed by atoms with Crippen molar-refractivity contribution in [2.45, 2.75) is 63.5 Å². The molecule has 2 fully saturated rings. The SMILES string of the molecule is O=C(NC1CCCCC1)c1cc([C@@H]2CCCN(Cc3ccccc3)C2)no1. The van der Waals surface area contributed by atoms with Crippen LogP contribution in [0.4, 0.5) is 0 Å². The predicted octanol–water partition coefficient (Wildman–Crippen LogP) is 4.12. The van der Waals surface area contributed by atoms with E-state index in [1.54, 1.807) is 0 Å². The molecule has 27 heavy (non-hydrogen) atoms. The van der Waals surface area contributed by atoms with Gasteiger partial charge in [-0.25, -0.2) is 0 Å². The van der Waals surface area contributed by atoms with Gasteiger partial charge in [-0.15, -0.1) is 0 Å². The van der Waals surface area contributed by atoms with Gasteiger partial charge in [-0.3, -0.25) is 9.69 Å². The average Bonchev–Trinajstić information content (AvgIpc) is 3.20. The van der Waals surface area contributed by atoms with Crippen molar-refractivity contribution < 1.29 is 9.32 Å². The third kappa shape index (κ3) is 4.78. The van der Waals surface area contributed by atoms with Crippen LogP contribution in [0.2, 0.25) is 0 Å². The lowest BCUT2D eigenvalue weighted by Gasteiger charge is -2.31. The molecule has 1 aromatic carbocycles. The lowest BCUT2D eigenvalue weighted by atomic mass is 9.94. The lowest BCUT2D eigenvalue weighted by molar-refractivity contribution is 0.0890. The fourth-order valence-electron chi connectivity index (χ4n) is 4.37. The number of aromatic nitrogens is 1. The van der Waals surface area contributed by atoms with Gasteiger partial charge in [0.2, 0.25) is 5.76 Å². The topological polar surface area (TPSA) is 58.4 Å². The number of hydrogen-bond donors (Lipinski definition) is 1. The Morgan fingerprint density at radius 2 is 1.93 bits per heavy atom. The number of nitrogens with one attached hydrogen (secondary N) is 1. The Labute approximate surface area is 161 Å². The van der Waals surface area contributed by atoms with E-state index in [0.717, 1.165) is 51.0 Å². The fraction of sp³-hybridized carbons (Fsp3) is 0.545. The summed E-state index contributed by atoms with van der Waals surface area (Å²) in [4.78, 5) is 14.9. The smallest absolute Gasteiger partial charge is 0.290 e. The first kappa shape index (κ1) is 18.2. The quantitative estimate of drug-likeness (QED) is 0.864. The molecule has 2 aliphatic rings. The first-order valence-electron chi connectivity index (χ1n) is 10.3. The molecule has 1 amide bonds. The molecular formula is C22H29N3O2. The van der Waals surface area contributed by atoms with Gasteiger partial charge in [0.1, 0.15) is 0 Å². The van der Waals surface area contributed by atoms with Crippen molar-refractivity contribution in [3.05, 3.63) is 53.4 Å². The van der Waals surface area contributed by atoms with Gasteiger partial charge in [0.05, 0.1) is 5.69 Å². The first-order chi connectivity index (χ1) is 13.3. The average molecular weight is 367 g/mol. The highest BCUT2D eigenvalue weighted by Gasteiger charge is 2.26. The van der Waals surface area contributed by atoms with Crippen LogP contribution in [0.5, 0.6) is 0 Å². The third-order valence-corrected chi connectivity index (χ3v) is 5.87. The van der Waals surface area contributed by atoms with Crippen molar-refractivity contribution >= 4 is 5.91 Å². The van der Waals surface area contributed by atoms with Gasteiger partial charge < -0.3 is 9.84 Å². The Hall–Kier alpha value is -2.14. The number of benzene rings is 1. The third-order valence-electron chi connectivity index (χ3n) is 5.87. The Bertz CT molecular complexity index is 737. The standard InChI is InChI=1S/C22H29N3O2/c26-22(23-19-11-5-2-6-12-19)21-14-20(24-27-21)18-10-7-13-25(16-18)15-17-8-3-1-4-9-17/h1,3-4,8-9,14,18-19H,2,5-7,10-13,15-16H2,(H,23,26)/t18-/m1/s1. The van der Waals surface area contributed by atoms with E-state index in [-0.39, 0.29) is 11.9 Å². The second-order valence-electron chi connectivity index (χ2n) is 7.98. The summed E-state index contributed by atoms with van der Waals surface area (Å²) in [5, 5.41) is 7.34. The molecule has 0 unspecified atom stereocenters. The molecule has 4 rings (SSSR count). The van der Waals surface area contributed by atoms with Crippen molar-refractivity contribution in [2.24, 2.45) is 0 Å². The molecule has 1 aliphatic carbocycles. The Kier molecular flexibility index (Phi) is 5.87. The molecule has 5 heteroatoms.